The summed E-state index contributed by atoms with van der Waals surface area (Å²) >= 11 is 5.97. The second-order valence-electron chi connectivity index (χ2n) is 5.10. The first-order chi connectivity index (χ1) is 8.72. The molecule has 0 bridgehead atoms. The van der Waals surface area contributed by atoms with Gasteiger partial charge in [-0.05, 0) is 24.7 Å². The lowest BCUT2D eigenvalue weighted by Crippen LogP contribution is -2.14. The number of nitrogens with zero attached hydrogens (tertiary/aromatic N) is 4. The molecule has 0 aromatic carbocycles. The third-order valence-electron chi connectivity index (χ3n) is 3.60. The van der Waals surface area contributed by atoms with E-state index in [2.05, 4.69) is 27.3 Å². The first-order valence-electron chi connectivity index (χ1n) is 6.32. The van der Waals surface area contributed by atoms with Crippen LogP contribution in [-0.4, -0.2) is 26.1 Å². The minimum absolute atomic E-state index is 0.442. The third-order valence-corrected chi connectivity index (χ3v) is 3.79. The molecular weight excluding hydrogens is 250 g/mol. The molecule has 1 N–H and O–H groups in total. The molecule has 1 fully saturated rings. The average Bonchev–Trinajstić information content (AvgIpc) is 2.94. The maximum atomic E-state index is 5.97. The van der Waals surface area contributed by atoms with Crippen molar-refractivity contribution in [3.63, 3.8) is 0 Å². The van der Waals surface area contributed by atoms with Crippen LogP contribution in [-0.2, 0) is 0 Å². The summed E-state index contributed by atoms with van der Waals surface area (Å²) < 4.78 is 1.68. The van der Waals surface area contributed by atoms with E-state index in [9.17, 15) is 0 Å². The summed E-state index contributed by atoms with van der Waals surface area (Å²) in [6, 6.07) is 1.79. The lowest BCUT2D eigenvalue weighted by molar-refractivity contribution is 0.536. The molecule has 2 unspecified atom stereocenters. The fourth-order valence-corrected chi connectivity index (χ4v) is 2.85. The van der Waals surface area contributed by atoms with Crippen LogP contribution in [0.3, 0.4) is 0 Å². The first-order valence-corrected chi connectivity index (χ1v) is 6.70. The van der Waals surface area contributed by atoms with Crippen molar-refractivity contribution in [1.29, 1.82) is 0 Å². The van der Waals surface area contributed by atoms with E-state index in [0.717, 1.165) is 24.2 Å². The van der Waals surface area contributed by atoms with Gasteiger partial charge in [-0.25, -0.2) is 0 Å². The summed E-state index contributed by atoms with van der Waals surface area (Å²) in [5, 5.41) is 8.00. The van der Waals surface area contributed by atoms with Gasteiger partial charge in [0.25, 0.3) is 5.78 Å². The largest absolute Gasteiger partial charge is 0.370 e. The molecule has 1 saturated carbocycles. The van der Waals surface area contributed by atoms with Crippen molar-refractivity contribution in [2.75, 3.05) is 11.9 Å². The molecule has 18 heavy (non-hydrogen) atoms. The van der Waals surface area contributed by atoms with Gasteiger partial charge in [0.05, 0.1) is 0 Å². The zero-order chi connectivity index (χ0) is 12.5. The highest BCUT2D eigenvalue weighted by atomic mass is 35.5. The molecule has 5 nitrogen and oxygen atoms in total. The SMILES string of the molecule is CC1CCC(CNc2cc(Cl)nc3ncnn23)C1. The molecule has 0 spiro atoms. The van der Waals surface area contributed by atoms with E-state index in [-0.39, 0.29) is 0 Å². The van der Waals surface area contributed by atoms with E-state index in [0.29, 0.717) is 10.9 Å². The normalized spacial score (nSPS) is 23.7. The number of fused-ring (bicyclic) bond motifs is 1. The molecule has 0 aliphatic heterocycles. The summed E-state index contributed by atoms with van der Waals surface area (Å²) in [7, 11) is 0. The third kappa shape index (κ3) is 2.27. The van der Waals surface area contributed by atoms with Crippen LogP contribution in [0.1, 0.15) is 26.2 Å². The maximum Gasteiger partial charge on any atom is 0.255 e. The zero-order valence-corrected chi connectivity index (χ0v) is 11.1. The second-order valence-corrected chi connectivity index (χ2v) is 5.49. The Labute approximate surface area is 111 Å². The lowest BCUT2D eigenvalue weighted by atomic mass is 10.1. The van der Waals surface area contributed by atoms with E-state index in [1.807, 2.05) is 0 Å². The number of anilines is 1. The lowest BCUT2D eigenvalue weighted by Gasteiger charge is -2.12. The van der Waals surface area contributed by atoms with Gasteiger partial charge in [0.1, 0.15) is 17.3 Å². The Morgan fingerprint density at radius 3 is 3.17 bits per heavy atom. The zero-order valence-electron chi connectivity index (χ0n) is 10.3. The highest BCUT2D eigenvalue weighted by Gasteiger charge is 2.21. The molecular formula is C12H16ClN5. The Balaban J connectivity index is 1.75. The van der Waals surface area contributed by atoms with Crippen LogP contribution < -0.4 is 5.32 Å². The van der Waals surface area contributed by atoms with Crippen molar-refractivity contribution in [3.05, 3.63) is 17.5 Å². The van der Waals surface area contributed by atoms with Crippen LogP contribution in [0.2, 0.25) is 5.15 Å². The fourth-order valence-electron chi connectivity index (χ4n) is 2.67. The Bertz CT molecular complexity index is 552. The molecule has 6 heteroatoms. The average molecular weight is 266 g/mol. The molecule has 2 aromatic heterocycles. The van der Waals surface area contributed by atoms with Gasteiger partial charge in [0.2, 0.25) is 0 Å². The van der Waals surface area contributed by atoms with E-state index >= 15 is 0 Å². The summed E-state index contributed by atoms with van der Waals surface area (Å²) in [6.07, 6.45) is 5.42. The standard InChI is InChI=1S/C12H16ClN5/c1-8-2-3-9(4-8)6-14-11-5-10(13)17-12-15-7-16-18(11)12/h5,7-9,14H,2-4,6H2,1H3. The molecule has 1 aliphatic rings. The minimum atomic E-state index is 0.442. The Morgan fingerprint density at radius 2 is 2.39 bits per heavy atom. The van der Waals surface area contributed by atoms with Crippen LogP contribution in [0.4, 0.5) is 5.82 Å². The minimum Gasteiger partial charge on any atom is -0.370 e. The molecule has 0 radical (unpaired) electrons. The topological polar surface area (TPSA) is 55.1 Å². The summed E-state index contributed by atoms with van der Waals surface area (Å²) in [4.78, 5) is 8.15. The first kappa shape index (κ1) is 11.7. The number of hydrogen-bond acceptors (Lipinski definition) is 4. The predicted molar refractivity (Wildman–Crippen MR) is 70.8 cm³/mol. The number of halogens is 1. The van der Waals surface area contributed by atoms with Gasteiger partial charge in [0.15, 0.2) is 0 Å². The van der Waals surface area contributed by atoms with Gasteiger partial charge in [-0.3, -0.25) is 0 Å². The van der Waals surface area contributed by atoms with Crippen LogP contribution in [0.25, 0.3) is 5.78 Å². The fraction of sp³-hybridized carbons (Fsp3) is 0.583. The number of rotatable bonds is 3. The van der Waals surface area contributed by atoms with Gasteiger partial charge in [-0.2, -0.15) is 19.6 Å². The van der Waals surface area contributed by atoms with Crippen LogP contribution in [0.15, 0.2) is 12.4 Å². The van der Waals surface area contributed by atoms with Gasteiger partial charge in [-0.15, -0.1) is 0 Å². The van der Waals surface area contributed by atoms with Crippen molar-refractivity contribution in [2.24, 2.45) is 11.8 Å². The quantitative estimate of drug-likeness (QED) is 0.867. The maximum absolute atomic E-state index is 5.97. The number of hydrogen-bond donors (Lipinski definition) is 1. The van der Waals surface area contributed by atoms with E-state index < -0.39 is 0 Å². The number of aromatic nitrogens is 4. The van der Waals surface area contributed by atoms with Crippen molar-refractivity contribution in [1.82, 2.24) is 19.6 Å². The highest BCUT2D eigenvalue weighted by Crippen LogP contribution is 2.30. The van der Waals surface area contributed by atoms with Crippen LogP contribution in [0, 0.1) is 11.8 Å². The summed E-state index contributed by atoms with van der Waals surface area (Å²) in [5.74, 6) is 2.99. The van der Waals surface area contributed by atoms with Crippen molar-refractivity contribution >= 4 is 23.2 Å². The van der Waals surface area contributed by atoms with Gasteiger partial charge in [0, 0.05) is 12.6 Å². The second kappa shape index (κ2) is 4.72. The van der Waals surface area contributed by atoms with Gasteiger partial charge >= 0.3 is 0 Å². The molecule has 1 aliphatic carbocycles. The van der Waals surface area contributed by atoms with Crippen LogP contribution in [0.5, 0.6) is 0 Å². The molecule has 0 amide bonds. The molecule has 2 heterocycles. The van der Waals surface area contributed by atoms with Crippen LogP contribution >= 0.6 is 11.6 Å². The summed E-state index contributed by atoms with van der Waals surface area (Å²) in [5.41, 5.74) is 0. The Hall–Kier alpha value is -1.36. The van der Waals surface area contributed by atoms with Crippen molar-refractivity contribution in [3.8, 4) is 0 Å². The summed E-state index contributed by atoms with van der Waals surface area (Å²) in [6.45, 7) is 3.28. The molecule has 0 saturated heterocycles. The van der Waals surface area contributed by atoms with Gasteiger partial charge in [-0.1, -0.05) is 24.9 Å². The molecule has 96 valence electrons. The highest BCUT2D eigenvalue weighted by molar-refractivity contribution is 6.29. The van der Waals surface area contributed by atoms with E-state index in [1.165, 1.54) is 25.6 Å². The monoisotopic (exact) mass is 265 g/mol. The Kier molecular flexibility index (Phi) is 3.07. The van der Waals surface area contributed by atoms with Crippen molar-refractivity contribution in [2.45, 2.75) is 26.2 Å². The number of nitrogens with one attached hydrogen (secondary N) is 1. The smallest absolute Gasteiger partial charge is 0.255 e. The molecule has 3 rings (SSSR count). The predicted octanol–water partition coefficient (Wildman–Crippen LogP) is 2.63. The van der Waals surface area contributed by atoms with E-state index in [1.54, 1.807) is 10.6 Å². The molecule has 2 atom stereocenters. The van der Waals surface area contributed by atoms with E-state index in [4.69, 9.17) is 11.6 Å². The Morgan fingerprint density at radius 1 is 1.50 bits per heavy atom. The van der Waals surface area contributed by atoms with Gasteiger partial charge < -0.3 is 5.32 Å². The molecule has 2 aromatic rings. The van der Waals surface area contributed by atoms with Crippen molar-refractivity contribution < 1.29 is 0 Å².